The Kier molecular flexibility index (Phi) is 4.38. The highest BCUT2D eigenvalue weighted by atomic mass is 35.5. The van der Waals surface area contributed by atoms with E-state index in [2.05, 4.69) is 20.6 Å². The number of benzene rings is 1. The molecule has 0 bridgehead atoms. The van der Waals surface area contributed by atoms with E-state index in [0.29, 0.717) is 16.5 Å². The minimum atomic E-state index is -0.329. The van der Waals surface area contributed by atoms with Crippen molar-refractivity contribution in [1.82, 2.24) is 15.3 Å². The van der Waals surface area contributed by atoms with Gasteiger partial charge in [0.2, 0.25) is 5.95 Å². The summed E-state index contributed by atoms with van der Waals surface area (Å²) in [7, 11) is 0. The Bertz CT molecular complexity index is 588. The number of hydrogen-bond acceptors (Lipinski definition) is 4. The normalized spacial score (nSPS) is 9.74. The van der Waals surface area contributed by atoms with Crippen molar-refractivity contribution in [3.05, 3.63) is 53.3 Å². The molecule has 0 unspecified atom stereocenters. The lowest BCUT2D eigenvalue weighted by atomic mass is 10.2. The molecule has 7 heteroatoms. The number of amides is 1. The van der Waals surface area contributed by atoms with Gasteiger partial charge in [0.05, 0.1) is 0 Å². The van der Waals surface area contributed by atoms with E-state index >= 15 is 0 Å². The maximum absolute atomic E-state index is 11.8. The lowest BCUT2D eigenvalue weighted by Gasteiger charge is -2.07. The number of carbonyl (C=O) groups is 1. The third-order valence-corrected chi connectivity index (χ3v) is 2.58. The quantitative estimate of drug-likeness (QED) is 0.831. The Morgan fingerprint density at radius 3 is 2.42 bits per heavy atom. The molecule has 1 aromatic carbocycles. The molecule has 96 valence electrons. The fourth-order valence-corrected chi connectivity index (χ4v) is 1.58. The molecule has 0 fully saturated rings. The number of aromatic nitrogens is 2. The second kappa shape index (κ2) is 6.21. The summed E-state index contributed by atoms with van der Waals surface area (Å²) in [5.74, 6) is -0.00555. The van der Waals surface area contributed by atoms with Crippen molar-refractivity contribution in [2.45, 2.75) is 0 Å². The van der Waals surface area contributed by atoms with Gasteiger partial charge < -0.3 is 5.32 Å². The third-order valence-electron chi connectivity index (χ3n) is 2.12. The molecule has 0 atom stereocenters. The first-order chi connectivity index (χ1) is 9.15. The van der Waals surface area contributed by atoms with Crippen LogP contribution in [0.2, 0.25) is 5.02 Å². The highest BCUT2D eigenvalue weighted by Gasteiger charge is 2.08. The standard InChI is InChI=1S/C12H9ClN4OS/c13-9-4-2-8(3-5-9)10(18)16-12(19)17-11-14-6-1-7-15-11/h1-7H,(H2,14,15,16,17,18,19). The summed E-state index contributed by atoms with van der Waals surface area (Å²) >= 11 is 10.7. The lowest BCUT2D eigenvalue weighted by Crippen LogP contribution is -2.34. The number of thiocarbonyl (C=S) groups is 1. The van der Waals surface area contributed by atoms with E-state index in [-0.39, 0.29) is 11.0 Å². The molecule has 2 rings (SSSR count). The Balaban J connectivity index is 1.95. The second-order valence-electron chi connectivity index (χ2n) is 3.49. The topological polar surface area (TPSA) is 66.9 Å². The monoisotopic (exact) mass is 292 g/mol. The Hall–Kier alpha value is -2.05. The highest BCUT2D eigenvalue weighted by Crippen LogP contribution is 2.09. The van der Waals surface area contributed by atoms with Crippen molar-refractivity contribution in [2.24, 2.45) is 0 Å². The maximum atomic E-state index is 11.8. The first-order valence-corrected chi connectivity index (χ1v) is 6.09. The van der Waals surface area contributed by atoms with E-state index < -0.39 is 0 Å². The average Bonchev–Trinajstić information content (AvgIpc) is 2.40. The smallest absolute Gasteiger partial charge is 0.257 e. The third kappa shape index (κ3) is 3.97. The van der Waals surface area contributed by atoms with Crippen LogP contribution in [0.15, 0.2) is 42.7 Å². The molecule has 2 aromatic rings. The molecule has 5 nitrogen and oxygen atoms in total. The van der Waals surface area contributed by atoms with Crippen molar-refractivity contribution in [3.63, 3.8) is 0 Å². The van der Waals surface area contributed by atoms with Gasteiger partial charge in [-0.25, -0.2) is 9.97 Å². The SMILES string of the molecule is O=C(NC(=S)Nc1ncccn1)c1ccc(Cl)cc1. The summed E-state index contributed by atoms with van der Waals surface area (Å²) in [5, 5.41) is 5.92. The first kappa shape index (κ1) is 13.4. The number of halogens is 1. The Morgan fingerprint density at radius 2 is 1.79 bits per heavy atom. The van der Waals surface area contributed by atoms with Gasteiger partial charge in [0, 0.05) is 23.0 Å². The molecular formula is C12H9ClN4OS. The second-order valence-corrected chi connectivity index (χ2v) is 4.33. The summed E-state index contributed by atoms with van der Waals surface area (Å²) in [6.07, 6.45) is 3.14. The van der Waals surface area contributed by atoms with Crippen molar-refractivity contribution in [1.29, 1.82) is 0 Å². The molecule has 1 aromatic heterocycles. The van der Waals surface area contributed by atoms with Crippen LogP contribution < -0.4 is 10.6 Å². The van der Waals surface area contributed by atoms with Gasteiger partial charge in [-0.1, -0.05) is 11.6 Å². The predicted molar refractivity (Wildman–Crippen MR) is 77.2 cm³/mol. The first-order valence-electron chi connectivity index (χ1n) is 5.30. The number of anilines is 1. The van der Waals surface area contributed by atoms with Gasteiger partial charge >= 0.3 is 0 Å². The molecule has 0 saturated heterocycles. The zero-order valence-corrected chi connectivity index (χ0v) is 11.2. The fourth-order valence-electron chi connectivity index (χ4n) is 1.27. The van der Waals surface area contributed by atoms with Crippen LogP contribution in [0.5, 0.6) is 0 Å². The number of nitrogens with one attached hydrogen (secondary N) is 2. The number of hydrogen-bond donors (Lipinski definition) is 2. The van der Waals surface area contributed by atoms with E-state index in [1.54, 1.807) is 42.7 Å². The molecule has 0 aliphatic carbocycles. The molecule has 0 spiro atoms. The van der Waals surface area contributed by atoms with Crippen LogP contribution in [-0.2, 0) is 0 Å². The number of rotatable bonds is 2. The van der Waals surface area contributed by atoms with E-state index in [1.807, 2.05) is 0 Å². The van der Waals surface area contributed by atoms with Crippen molar-refractivity contribution >= 4 is 40.8 Å². The minimum absolute atomic E-state index is 0.131. The van der Waals surface area contributed by atoms with Gasteiger partial charge in [-0.2, -0.15) is 0 Å². The molecule has 1 amide bonds. The molecule has 19 heavy (non-hydrogen) atoms. The highest BCUT2D eigenvalue weighted by molar-refractivity contribution is 7.80. The Labute approximate surface area is 120 Å². The van der Waals surface area contributed by atoms with Crippen LogP contribution in [0.25, 0.3) is 0 Å². The maximum Gasteiger partial charge on any atom is 0.257 e. The van der Waals surface area contributed by atoms with Crippen LogP contribution in [0.4, 0.5) is 5.95 Å². The Morgan fingerprint density at radius 1 is 1.16 bits per heavy atom. The van der Waals surface area contributed by atoms with Crippen LogP contribution in [-0.4, -0.2) is 21.0 Å². The van der Waals surface area contributed by atoms with E-state index in [1.165, 1.54) is 0 Å². The molecule has 0 radical (unpaired) electrons. The predicted octanol–water partition coefficient (Wildman–Crippen LogP) is 2.26. The average molecular weight is 293 g/mol. The molecule has 2 N–H and O–H groups in total. The van der Waals surface area contributed by atoms with Gasteiger partial charge in [-0.3, -0.25) is 10.1 Å². The molecule has 0 saturated carbocycles. The minimum Gasteiger partial charge on any atom is -0.301 e. The molecule has 0 aliphatic heterocycles. The number of carbonyl (C=O) groups excluding carboxylic acids is 1. The van der Waals surface area contributed by atoms with E-state index in [0.717, 1.165) is 0 Å². The fraction of sp³-hybridized carbons (Fsp3) is 0. The van der Waals surface area contributed by atoms with Crippen LogP contribution in [0, 0.1) is 0 Å². The number of nitrogens with zero attached hydrogens (tertiary/aromatic N) is 2. The van der Waals surface area contributed by atoms with Crippen molar-refractivity contribution in [2.75, 3.05) is 5.32 Å². The van der Waals surface area contributed by atoms with Crippen molar-refractivity contribution in [3.8, 4) is 0 Å². The molecule has 0 aliphatic rings. The van der Waals surface area contributed by atoms with Crippen molar-refractivity contribution < 1.29 is 4.79 Å². The molecular weight excluding hydrogens is 284 g/mol. The van der Waals surface area contributed by atoms with E-state index in [9.17, 15) is 4.79 Å². The largest absolute Gasteiger partial charge is 0.301 e. The summed E-state index contributed by atoms with van der Waals surface area (Å²) in [5.41, 5.74) is 0.461. The van der Waals surface area contributed by atoms with Gasteiger partial charge in [0.25, 0.3) is 5.91 Å². The van der Waals surface area contributed by atoms with Crippen LogP contribution in [0.3, 0.4) is 0 Å². The van der Waals surface area contributed by atoms with Crippen LogP contribution >= 0.6 is 23.8 Å². The van der Waals surface area contributed by atoms with Gasteiger partial charge in [0.1, 0.15) is 0 Å². The van der Waals surface area contributed by atoms with E-state index in [4.69, 9.17) is 23.8 Å². The molecule has 1 heterocycles. The summed E-state index contributed by atoms with van der Waals surface area (Å²) in [4.78, 5) is 19.7. The summed E-state index contributed by atoms with van der Waals surface area (Å²) < 4.78 is 0. The zero-order chi connectivity index (χ0) is 13.7. The lowest BCUT2D eigenvalue weighted by molar-refractivity contribution is 0.0978. The zero-order valence-electron chi connectivity index (χ0n) is 9.63. The summed E-state index contributed by atoms with van der Waals surface area (Å²) in [6.45, 7) is 0. The van der Waals surface area contributed by atoms with Gasteiger partial charge in [-0.05, 0) is 42.5 Å². The van der Waals surface area contributed by atoms with Gasteiger partial charge in [0.15, 0.2) is 5.11 Å². The van der Waals surface area contributed by atoms with Crippen LogP contribution in [0.1, 0.15) is 10.4 Å². The summed E-state index contributed by atoms with van der Waals surface area (Å²) in [6, 6.07) is 8.17. The van der Waals surface area contributed by atoms with Gasteiger partial charge in [-0.15, -0.1) is 0 Å².